The maximum absolute atomic E-state index is 10.9. The Morgan fingerprint density at radius 2 is 1.69 bits per heavy atom. The van der Waals surface area contributed by atoms with Crippen molar-refractivity contribution in [1.82, 2.24) is 9.97 Å². The van der Waals surface area contributed by atoms with E-state index in [-0.39, 0.29) is 11.6 Å². The normalized spacial score (nSPS) is 10.5. The molecule has 0 unspecified atom stereocenters. The summed E-state index contributed by atoms with van der Waals surface area (Å²) in [6, 6.07) is 21.5. The quantitative estimate of drug-likeness (QED) is 0.373. The topological polar surface area (TPSA) is 102 Å². The second kappa shape index (κ2) is 7.37. The van der Waals surface area contributed by atoms with Crippen LogP contribution >= 0.6 is 0 Å². The summed E-state index contributed by atoms with van der Waals surface area (Å²) in [6.45, 7) is 0. The zero-order valence-electron chi connectivity index (χ0n) is 15.4. The molecule has 0 spiro atoms. The fraction of sp³-hybridized carbons (Fsp3) is 0.0455. The average Bonchev–Trinajstić information content (AvgIpc) is 2.77. The van der Waals surface area contributed by atoms with E-state index in [1.807, 2.05) is 42.5 Å². The Labute approximate surface area is 166 Å². The molecule has 0 saturated heterocycles. The molecule has 2 aromatic carbocycles. The molecule has 2 heterocycles. The molecule has 0 atom stereocenters. The Kier molecular flexibility index (Phi) is 4.59. The molecule has 0 N–H and O–H groups in total. The third kappa shape index (κ3) is 3.24. The summed E-state index contributed by atoms with van der Waals surface area (Å²) in [5, 5.41) is 21.3. The highest BCUT2D eigenvalue weighted by Crippen LogP contribution is 2.36. The molecule has 4 aromatic rings. The van der Waals surface area contributed by atoms with Gasteiger partial charge in [0.25, 0.3) is 5.69 Å². The third-order valence-corrected chi connectivity index (χ3v) is 4.56. The summed E-state index contributed by atoms with van der Waals surface area (Å²) >= 11 is 0. The van der Waals surface area contributed by atoms with Crippen LogP contribution in [-0.4, -0.2) is 22.0 Å². The number of pyridine rings is 2. The van der Waals surface area contributed by atoms with E-state index in [1.165, 1.54) is 19.2 Å². The number of nitro benzene ring substituents is 1. The summed E-state index contributed by atoms with van der Waals surface area (Å²) in [5.41, 5.74) is 3.69. The van der Waals surface area contributed by atoms with E-state index in [9.17, 15) is 15.4 Å². The fourth-order valence-corrected chi connectivity index (χ4v) is 3.19. The van der Waals surface area contributed by atoms with Gasteiger partial charge < -0.3 is 4.74 Å². The molecule has 29 heavy (non-hydrogen) atoms. The van der Waals surface area contributed by atoms with Crippen molar-refractivity contribution in [1.29, 1.82) is 5.26 Å². The van der Waals surface area contributed by atoms with E-state index in [4.69, 9.17) is 4.74 Å². The van der Waals surface area contributed by atoms with Crippen molar-refractivity contribution in [2.24, 2.45) is 0 Å². The lowest BCUT2D eigenvalue weighted by atomic mass is 9.97. The molecular weight excluding hydrogens is 368 g/mol. The zero-order chi connectivity index (χ0) is 20.4. The lowest BCUT2D eigenvalue weighted by Crippen LogP contribution is -1.99. The molecule has 0 aliphatic carbocycles. The molecule has 4 rings (SSSR count). The predicted octanol–water partition coefficient (Wildman–Crippen LogP) is 4.75. The molecule has 0 saturated carbocycles. The second-order valence-electron chi connectivity index (χ2n) is 6.22. The summed E-state index contributed by atoms with van der Waals surface area (Å²) in [4.78, 5) is 19.5. The highest BCUT2D eigenvalue weighted by Gasteiger charge is 2.18. The zero-order valence-corrected chi connectivity index (χ0v) is 15.4. The summed E-state index contributed by atoms with van der Waals surface area (Å²) < 4.78 is 5.35. The van der Waals surface area contributed by atoms with Gasteiger partial charge in [0.1, 0.15) is 11.6 Å². The number of fused-ring (bicyclic) bond motifs is 1. The standard InChI is InChI=1S/C22H14N4O3/c1-29-22-18(13-23)20(15-5-3-2-4-6-15)17-11-12-19(24-21(17)25-22)14-7-9-16(10-8-14)26(27)28/h2-12H,1H3. The number of nitrogens with zero attached hydrogens (tertiary/aromatic N) is 4. The largest absolute Gasteiger partial charge is 0.480 e. The monoisotopic (exact) mass is 382 g/mol. The van der Waals surface area contributed by atoms with E-state index in [0.29, 0.717) is 22.5 Å². The molecule has 0 bridgehead atoms. The van der Waals surface area contributed by atoms with Crippen LogP contribution in [0.4, 0.5) is 5.69 Å². The van der Waals surface area contributed by atoms with E-state index >= 15 is 0 Å². The van der Waals surface area contributed by atoms with Crippen LogP contribution in [0.1, 0.15) is 5.56 Å². The molecular formula is C22H14N4O3. The van der Waals surface area contributed by atoms with Gasteiger partial charge in [0.05, 0.1) is 17.7 Å². The lowest BCUT2D eigenvalue weighted by molar-refractivity contribution is -0.384. The maximum Gasteiger partial charge on any atom is 0.269 e. The molecule has 0 fully saturated rings. The van der Waals surface area contributed by atoms with Gasteiger partial charge in [-0.3, -0.25) is 10.1 Å². The molecule has 0 aliphatic rings. The molecule has 7 nitrogen and oxygen atoms in total. The Morgan fingerprint density at radius 3 is 2.31 bits per heavy atom. The van der Waals surface area contributed by atoms with Crippen molar-refractivity contribution in [3.05, 3.63) is 82.4 Å². The van der Waals surface area contributed by atoms with Crippen molar-refractivity contribution in [2.75, 3.05) is 7.11 Å². The van der Waals surface area contributed by atoms with Crippen molar-refractivity contribution >= 4 is 16.7 Å². The number of benzene rings is 2. The minimum atomic E-state index is -0.445. The number of ether oxygens (including phenoxy) is 1. The Hall–Kier alpha value is -4.31. The van der Waals surface area contributed by atoms with Crippen molar-refractivity contribution in [3.63, 3.8) is 0 Å². The van der Waals surface area contributed by atoms with Gasteiger partial charge in [-0.25, -0.2) is 4.98 Å². The van der Waals surface area contributed by atoms with Crippen molar-refractivity contribution < 1.29 is 9.66 Å². The van der Waals surface area contributed by atoms with E-state index < -0.39 is 4.92 Å². The molecule has 0 aliphatic heterocycles. The van der Waals surface area contributed by atoms with Crippen LogP contribution in [0, 0.1) is 21.4 Å². The molecule has 0 amide bonds. The fourth-order valence-electron chi connectivity index (χ4n) is 3.19. The van der Waals surface area contributed by atoms with Gasteiger partial charge >= 0.3 is 0 Å². The number of methoxy groups -OCH3 is 1. The lowest BCUT2D eigenvalue weighted by Gasteiger charge is -2.12. The van der Waals surface area contributed by atoms with Gasteiger partial charge in [-0.15, -0.1) is 0 Å². The molecule has 0 radical (unpaired) electrons. The first-order valence-electron chi connectivity index (χ1n) is 8.71. The number of rotatable bonds is 4. The van der Waals surface area contributed by atoms with E-state index in [2.05, 4.69) is 16.0 Å². The number of nitro groups is 1. The first-order chi connectivity index (χ1) is 14.1. The summed E-state index contributed by atoms with van der Waals surface area (Å²) in [5.74, 6) is 0.201. The predicted molar refractivity (Wildman–Crippen MR) is 108 cm³/mol. The van der Waals surface area contributed by atoms with Crippen LogP contribution in [0.25, 0.3) is 33.4 Å². The van der Waals surface area contributed by atoms with Crippen LogP contribution in [0.2, 0.25) is 0 Å². The Balaban J connectivity index is 1.94. The van der Waals surface area contributed by atoms with Gasteiger partial charge in [-0.05, 0) is 29.8 Å². The molecule has 7 heteroatoms. The van der Waals surface area contributed by atoms with Crippen LogP contribution in [0.3, 0.4) is 0 Å². The minimum Gasteiger partial charge on any atom is -0.480 e. The number of non-ortho nitro benzene ring substituents is 1. The average molecular weight is 382 g/mol. The van der Waals surface area contributed by atoms with E-state index in [0.717, 1.165) is 16.5 Å². The number of nitriles is 1. The highest BCUT2D eigenvalue weighted by molar-refractivity contribution is 5.97. The van der Waals surface area contributed by atoms with Gasteiger partial charge in [-0.1, -0.05) is 30.3 Å². The number of hydrogen-bond acceptors (Lipinski definition) is 6. The van der Waals surface area contributed by atoms with Gasteiger partial charge in [0, 0.05) is 28.6 Å². The Bertz CT molecular complexity index is 1260. The molecule has 140 valence electrons. The number of aromatic nitrogens is 2. The van der Waals surface area contributed by atoms with Gasteiger partial charge in [0.2, 0.25) is 5.88 Å². The minimum absolute atomic E-state index is 0.0133. The summed E-state index contributed by atoms with van der Waals surface area (Å²) in [7, 11) is 1.46. The van der Waals surface area contributed by atoms with Crippen molar-refractivity contribution in [2.45, 2.75) is 0 Å². The summed E-state index contributed by atoms with van der Waals surface area (Å²) in [6.07, 6.45) is 0. The highest BCUT2D eigenvalue weighted by atomic mass is 16.6. The SMILES string of the molecule is COc1nc2nc(-c3ccc([N+](=O)[O-])cc3)ccc2c(-c2ccccc2)c1C#N. The van der Waals surface area contributed by atoms with Crippen LogP contribution in [0.5, 0.6) is 5.88 Å². The third-order valence-electron chi connectivity index (χ3n) is 4.56. The van der Waals surface area contributed by atoms with Crippen LogP contribution in [-0.2, 0) is 0 Å². The van der Waals surface area contributed by atoms with Gasteiger partial charge in [-0.2, -0.15) is 10.2 Å². The first-order valence-corrected chi connectivity index (χ1v) is 8.71. The maximum atomic E-state index is 10.9. The smallest absolute Gasteiger partial charge is 0.269 e. The second-order valence-corrected chi connectivity index (χ2v) is 6.22. The number of hydrogen-bond donors (Lipinski definition) is 0. The Morgan fingerprint density at radius 1 is 0.966 bits per heavy atom. The van der Waals surface area contributed by atoms with Crippen LogP contribution < -0.4 is 4.74 Å². The van der Waals surface area contributed by atoms with Crippen molar-refractivity contribution in [3.8, 4) is 34.3 Å². The first kappa shape index (κ1) is 18.1. The van der Waals surface area contributed by atoms with Crippen LogP contribution in [0.15, 0.2) is 66.7 Å². The van der Waals surface area contributed by atoms with E-state index in [1.54, 1.807) is 12.1 Å². The molecule has 2 aromatic heterocycles. The van der Waals surface area contributed by atoms with Gasteiger partial charge in [0.15, 0.2) is 5.65 Å².